The summed E-state index contributed by atoms with van der Waals surface area (Å²) in [5.74, 6) is 3.02. The average Bonchev–Trinajstić information content (AvgIpc) is 3.00. The van der Waals surface area contributed by atoms with Gasteiger partial charge in [-0.2, -0.15) is 0 Å². The predicted molar refractivity (Wildman–Crippen MR) is 83.8 cm³/mol. The lowest BCUT2D eigenvalue weighted by Crippen LogP contribution is -2.43. The molecule has 3 unspecified atom stereocenters. The van der Waals surface area contributed by atoms with E-state index in [1.165, 1.54) is 12.8 Å². The molecular weight excluding hydrogens is 250 g/mol. The predicted octanol–water partition coefficient (Wildman–Crippen LogP) is 2.09. The van der Waals surface area contributed by atoms with Crippen LogP contribution in [0.4, 0.5) is 0 Å². The molecule has 0 aromatic rings. The van der Waals surface area contributed by atoms with Crippen molar-refractivity contribution in [3.8, 4) is 0 Å². The van der Waals surface area contributed by atoms with Gasteiger partial charge < -0.3 is 15.3 Å². The smallest absolute Gasteiger partial charge is 0.193 e. The van der Waals surface area contributed by atoms with Gasteiger partial charge in [0.15, 0.2) is 5.96 Å². The van der Waals surface area contributed by atoms with E-state index in [2.05, 4.69) is 29.1 Å². The van der Waals surface area contributed by atoms with E-state index in [0.717, 1.165) is 56.7 Å². The number of guanidine groups is 1. The van der Waals surface area contributed by atoms with Crippen LogP contribution >= 0.6 is 0 Å². The molecule has 0 spiro atoms. The van der Waals surface area contributed by atoms with Crippen LogP contribution in [0.25, 0.3) is 0 Å². The second-order valence-corrected chi connectivity index (χ2v) is 6.92. The third-order valence-corrected chi connectivity index (χ3v) is 4.74. The normalized spacial score (nSPS) is 31.4. The number of aliphatic imine (C=N–C) groups is 1. The fourth-order valence-electron chi connectivity index (χ4n) is 3.69. The Morgan fingerprint density at radius 3 is 2.75 bits per heavy atom. The molecule has 2 rings (SSSR count). The number of hydrogen-bond donors (Lipinski definition) is 2. The van der Waals surface area contributed by atoms with E-state index in [0.29, 0.717) is 5.92 Å². The Hall–Kier alpha value is -0.770. The molecule has 1 saturated carbocycles. The molecule has 1 heterocycles. The summed E-state index contributed by atoms with van der Waals surface area (Å²) in [7, 11) is 1.86. The highest BCUT2D eigenvalue weighted by atomic mass is 16.3. The maximum absolute atomic E-state index is 9.89. The molecule has 2 fully saturated rings. The molecule has 0 aromatic heterocycles. The van der Waals surface area contributed by atoms with Gasteiger partial charge in [-0.05, 0) is 37.5 Å². The molecule has 0 bridgehead atoms. The molecule has 0 aromatic carbocycles. The van der Waals surface area contributed by atoms with E-state index in [-0.39, 0.29) is 6.10 Å². The van der Waals surface area contributed by atoms with Gasteiger partial charge in [-0.15, -0.1) is 0 Å². The molecule has 0 radical (unpaired) electrons. The third kappa shape index (κ3) is 4.11. The van der Waals surface area contributed by atoms with Gasteiger partial charge in [0.05, 0.1) is 6.10 Å². The van der Waals surface area contributed by atoms with Crippen molar-refractivity contribution in [2.24, 2.45) is 22.7 Å². The van der Waals surface area contributed by atoms with Gasteiger partial charge >= 0.3 is 0 Å². The van der Waals surface area contributed by atoms with Gasteiger partial charge in [0.2, 0.25) is 0 Å². The van der Waals surface area contributed by atoms with Crippen molar-refractivity contribution in [3.63, 3.8) is 0 Å². The van der Waals surface area contributed by atoms with Crippen LogP contribution in [0.15, 0.2) is 4.99 Å². The van der Waals surface area contributed by atoms with Crippen molar-refractivity contribution in [3.05, 3.63) is 0 Å². The highest BCUT2D eigenvalue weighted by Gasteiger charge is 2.28. The molecule has 116 valence electrons. The molecule has 1 saturated heterocycles. The standard InChI is InChI=1S/C16H31N3O/c1-12(2)9-13-7-8-19(11-13)16(17-3)18-10-14-5-4-6-15(14)20/h12-15,20H,4-11H2,1-3H3,(H,17,18). The summed E-state index contributed by atoms with van der Waals surface area (Å²) in [6.07, 6.45) is 5.74. The molecule has 1 aliphatic carbocycles. The Labute approximate surface area is 123 Å². The van der Waals surface area contributed by atoms with E-state index in [1.807, 2.05) is 7.05 Å². The van der Waals surface area contributed by atoms with Crippen molar-refractivity contribution < 1.29 is 5.11 Å². The monoisotopic (exact) mass is 281 g/mol. The lowest BCUT2D eigenvalue weighted by Gasteiger charge is -2.24. The van der Waals surface area contributed by atoms with Gasteiger partial charge in [0, 0.05) is 32.6 Å². The molecule has 2 aliphatic rings. The Morgan fingerprint density at radius 1 is 1.35 bits per heavy atom. The Balaban J connectivity index is 1.78. The average molecular weight is 281 g/mol. The molecule has 0 amide bonds. The van der Waals surface area contributed by atoms with Crippen molar-refractivity contribution in [2.75, 3.05) is 26.7 Å². The van der Waals surface area contributed by atoms with Crippen molar-refractivity contribution in [2.45, 2.75) is 52.1 Å². The number of rotatable bonds is 4. The minimum Gasteiger partial charge on any atom is -0.393 e. The molecule has 20 heavy (non-hydrogen) atoms. The molecule has 1 aliphatic heterocycles. The number of aliphatic hydroxyl groups is 1. The topological polar surface area (TPSA) is 47.9 Å². The number of nitrogens with one attached hydrogen (secondary N) is 1. The summed E-state index contributed by atoms with van der Waals surface area (Å²) in [5.41, 5.74) is 0. The van der Waals surface area contributed by atoms with Crippen LogP contribution in [0.3, 0.4) is 0 Å². The fraction of sp³-hybridized carbons (Fsp3) is 0.938. The summed E-state index contributed by atoms with van der Waals surface area (Å²) in [6.45, 7) is 7.71. The summed E-state index contributed by atoms with van der Waals surface area (Å²) in [4.78, 5) is 6.80. The van der Waals surface area contributed by atoms with E-state index in [4.69, 9.17) is 0 Å². The number of nitrogens with zero attached hydrogens (tertiary/aromatic N) is 2. The van der Waals surface area contributed by atoms with Crippen LogP contribution in [0.5, 0.6) is 0 Å². The lowest BCUT2D eigenvalue weighted by atomic mass is 9.97. The largest absolute Gasteiger partial charge is 0.393 e. The maximum atomic E-state index is 9.89. The van der Waals surface area contributed by atoms with Gasteiger partial charge in [-0.25, -0.2) is 0 Å². The Kier molecular flexibility index (Phi) is 5.70. The zero-order valence-electron chi connectivity index (χ0n) is 13.3. The number of aliphatic hydroxyl groups excluding tert-OH is 1. The molecular formula is C16H31N3O. The van der Waals surface area contributed by atoms with Crippen LogP contribution in [0.2, 0.25) is 0 Å². The van der Waals surface area contributed by atoms with Gasteiger partial charge in [-0.1, -0.05) is 20.3 Å². The maximum Gasteiger partial charge on any atom is 0.193 e. The van der Waals surface area contributed by atoms with Crippen molar-refractivity contribution in [1.29, 1.82) is 0 Å². The number of likely N-dealkylation sites (tertiary alicyclic amines) is 1. The first-order valence-electron chi connectivity index (χ1n) is 8.23. The first kappa shape index (κ1) is 15.6. The van der Waals surface area contributed by atoms with Crippen LogP contribution < -0.4 is 5.32 Å². The minimum absolute atomic E-state index is 0.118. The first-order valence-corrected chi connectivity index (χ1v) is 8.23. The molecule has 4 heteroatoms. The van der Waals surface area contributed by atoms with Crippen molar-refractivity contribution >= 4 is 5.96 Å². The van der Waals surface area contributed by atoms with Gasteiger partial charge in [0.1, 0.15) is 0 Å². The van der Waals surface area contributed by atoms with Crippen LogP contribution in [0.1, 0.15) is 46.0 Å². The van der Waals surface area contributed by atoms with Crippen molar-refractivity contribution in [1.82, 2.24) is 10.2 Å². The quantitative estimate of drug-likeness (QED) is 0.613. The van der Waals surface area contributed by atoms with E-state index < -0.39 is 0 Å². The van der Waals surface area contributed by atoms with E-state index in [9.17, 15) is 5.11 Å². The first-order chi connectivity index (χ1) is 9.60. The Bertz CT molecular complexity index is 330. The van der Waals surface area contributed by atoms with Crippen LogP contribution in [-0.2, 0) is 0 Å². The summed E-state index contributed by atoms with van der Waals surface area (Å²) < 4.78 is 0. The highest BCUT2D eigenvalue weighted by molar-refractivity contribution is 5.80. The van der Waals surface area contributed by atoms with E-state index in [1.54, 1.807) is 0 Å². The highest BCUT2D eigenvalue weighted by Crippen LogP contribution is 2.25. The SMILES string of the molecule is CN=C(NCC1CCCC1O)N1CCC(CC(C)C)C1. The summed E-state index contributed by atoms with van der Waals surface area (Å²) in [5, 5.41) is 13.4. The van der Waals surface area contributed by atoms with Gasteiger partial charge in [-0.3, -0.25) is 4.99 Å². The Morgan fingerprint density at radius 2 is 2.15 bits per heavy atom. The van der Waals surface area contributed by atoms with Crippen LogP contribution in [-0.4, -0.2) is 48.8 Å². The molecule has 2 N–H and O–H groups in total. The fourth-order valence-corrected chi connectivity index (χ4v) is 3.69. The number of hydrogen-bond acceptors (Lipinski definition) is 2. The van der Waals surface area contributed by atoms with Gasteiger partial charge in [0.25, 0.3) is 0 Å². The zero-order chi connectivity index (χ0) is 14.5. The second kappa shape index (κ2) is 7.30. The summed E-state index contributed by atoms with van der Waals surface area (Å²) in [6, 6.07) is 0. The minimum atomic E-state index is -0.118. The van der Waals surface area contributed by atoms with E-state index >= 15 is 0 Å². The zero-order valence-corrected chi connectivity index (χ0v) is 13.3. The molecule has 3 atom stereocenters. The third-order valence-electron chi connectivity index (χ3n) is 4.74. The molecule has 4 nitrogen and oxygen atoms in total. The summed E-state index contributed by atoms with van der Waals surface area (Å²) >= 11 is 0. The van der Waals surface area contributed by atoms with Crippen LogP contribution in [0, 0.1) is 17.8 Å². The second-order valence-electron chi connectivity index (χ2n) is 6.92. The lowest BCUT2D eigenvalue weighted by molar-refractivity contribution is 0.134.